The zero-order valence-corrected chi connectivity index (χ0v) is 8.13. The van der Waals surface area contributed by atoms with E-state index in [0.29, 0.717) is 30.4 Å². The molecule has 0 atom stereocenters. The topological polar surface area (TPSA) is 17.1 Å². The summed E-state index contributed by atoms with van der Waals surface area (Å²) in [6.45, 7) is 0. The number of rotatable bonds is 7. The van der Waals surface area contributed by atoms with Crippen molar-refractivity contribution in [3.63, 3.8) is 0 Å². The normalized spacial score (nSPS) is 10.0. The van der Waals surface area contributed by atoms with Crippen LogP contribution in [0.3, 0.4) is 0 Å². The number of carbonyl (C=O) groups is 1. The van der Waals surface area contributed by atoms with E-state index in [4.69, 9.17) is 23.2 Å². The number of carbonyl (C=O) groups excluding carboxylic acids is 1. The highest BCUT2D eigenvalue weighted by Gasteiger charge is 1.99. The van der Waals surface area contributed by atoms with Gasteiger partial charge in [-0.1, -0.05) is 0 Å². The summed E-state index contributed by atoms with van der Waals surface area (Å²) in [5.74, 6) is 1.56. The molecule has 0 amide bonds. The zero-order valence-electron chi connectivity index (χ0n) is 6.61. The highest BCUT2D eigenvalue weighted by atomic mass is 35.5. The van der Waals surface area contributed by atoms with E-state index in [-0.39, 0.29) is 0 Å². The van der Waals surface area contributed by atoms with Gasteiger partial charge in [0.2, 0.25) is 0 Å². The van der Waals surface area contributed by atoms with Crippen molar-refractivity contribution in [3.05, 3.63) is 0 Å². The van der Waals surface area contributed by atoms with Gasteiger partial charge < -0.3 is 0 Å². The third-order valence-corrected chi connectivity index (χ3v) is 1.96. The molecule has 0 saturated carbocycles. The Morgan fingerprint density at radius 1 is 0.909 bits per heavy atom. The Hall–Kier alpha value is 0.250. The maximum absolute atomic E-state index is 11.0. The molecule has 0 rings (SSSR count). The molecular weight excluding hydrogens is 183 g/mol. The summed E-state index contributed by atoms with van der Waals surface area (Å²) < 4.78 is 0. The predicted octanol–water partition coefficient (Wildman–Crippen LogP) is 2.98. The molecule has 1 nitrogen and oxygen atoms in total. The number of halogens is 2. The van der Waals surface area contributed by atoms with E-state index in [2.05, 4.69) is 0 Å². The van der Waals surface area contributed by atoms with E-state index in [1.54, 1.807) is 0 Å². The van der Waals surface area contributed by atoms with Crippen molar-refractivity contribution in [2.75, 3.05) is 11.8 Å². The van der Waals surface area contributed by atoms with Crippen LogP contribution < -0.4 is 0 Å². The van der Waals surface area contributed by atoms with Crippen LogP contribution in [0.5, 0.6) is 0 Å². The fourth-order valence-corrected chi connectivity index (χ4v) is 1.13. The second kappa shape index (κ2) is 8.35. The number of Topliss-reactive ketones (excluding diaryl/α,β-unsaturated/α-hetero) is 1. The number of alkyl halides is 2. The largest absolute Gasteiger partial charge is 0.300 e. The van der Waals surface area contributed by atoms with Crippen molar-refractivity contribution in [2.24, 2.45) is 0 Å². The summed E-state index contributed by atoms with van der Waals surface area (Å²) in [5.41, 5.74) is 0. The highest BCUT2D eigenvalue weighted by molar-refractivity contribution is 6.18. The van der Waals surface area contributed by atoms with Gasteiger partial charge in [0.05, 0.1) is 0 Å². The van der Waals surface area contributed by atoms with Gasteiger partial charge in [0.1, 0.15) is 5.78 Å². The van der Waals surface area contributed by atoms with Gasteiger partial charge >= 0.3 is 0 Å². The molecule has 0 bridgehead atoms. The summed E-state index contributed by atoms with van der Waals surface area (Å²) in [7, 11) is 0. The standard InChI is InChI=1S/C8H14Cl2O/c9-6-2-1-4-8(11)5-3-7-10/h1-7H2. The number of hydrogen-bond acceptors (Lipinski definition) is 1. The monoisotopic (exact) mass is 196 g/mol. The van der Waals surface area contributed by atoms with Crippen molar-refractivity contribution in [2.45, 2.75) is 32.1 Å². The Kier molecular flexibility index (Phi) is 8.54. The second-order valence-electron chi connectivity index (χ2n) is 2.48. The van der Waals surface area contributed by atoms with Crippen molar-refractivity contribution < 1.29 is 4.79 Å². The minimum absolute atomic E-state index is 0.316. The van der Waals surface area contributed by atoms with E-state index in [0.717, 1.165) is 19.3 Å². The van der Waals surface area contributed by atoms with Gasteiger partial charge in [-0.2, -0.15) is 0 Å². The molecule has 0 spiro atoms. The first-order valence-corrected chi connectivity index (χ1v) is 5.01. The molecule has 0 fully saturated rings. The lowest BCUT2D eigenvalue weighted by Gasteiger charge is -1.96. The van der Waals surface area contributed by atoms with E-state index in [1.807, 2.05) is 0 Å². The van der Waals surface area contributed by atoms with Crippen LogP contribution in [-0.2, 0) is 4.79 Å². The van der Waals surface area contributed by atoms with Crippen LogP contribution in [0.25, 0.3) is 0 Å². The van der Waals surface area contributed by atoms with Crippen molar-refractivity contribution in [3.8, 4) is 0 Å². The Morgan fingerprint density at radius 2 is 1.45 bits per heavy atom. The fourth-order valence-electron chi connectivity index (χ4n) is 0.806. The molecule has 0 aliphatic heterocycles. The summed E-state index contributed by atoms with van der Waals surface area (Å²) in [6, 6.07) is 0. The van der Waals surface area contributed by atoms with Crippen LogP contribution in [0.15, 0.2) is 0 Å². The molecule has 0 heterocycles. The Morgan fingerprint density at radius 3 is 2.00 bits per heavy atom. The van der Waals surface area contributed by atoms with Crippen LogP contribution in [0, 0.1) is 0 Å². The molecule has 0 aliphatic rings. The van der Waals surface area contributed by atoms with Crippen LogP contribution in [0.1, 0.15) is 32.1 Å². The molecule has 0 N–H and O–H groups in total. The van der Waals surface area contributed by atoms with Gasteiger partial charge in [-0.25, -0.2) is 0 Å². The highest BCUT2D eigenvalue weighted by Crippen LogP contribution is 2.02. The summed E-state index contributed by atoms with van der Waals surface area (Å²) in [6.07, 6.45) is 3.97. The quantitative estimate of drug-likeness (QED) is 0.453. The lowest BCUT2D eigenvalue weighted by atomic mass is 10.1. The summed E-state index contributed by atoms with van der Waals surface area (Å²) in [5, 5.41) is 0. The van der Waals surface area contributed by atoms with Gasteiger partial charge in [0.15, 0.2) is 0 Å². The summed E-state index contributed by atoms with van der Waals surface area (Å²) in [4.78, 5) is 11.0. The van der Waals surface area contributed by atoms with E-state index >= 15 is 0 Å². The molecular formula is C8H14Cl2O. The smallest absolute Gasteiger partial charge is 0.132 e. The van der Waals surface area contributed by atoms with Gasteiger partial charge in [-0.05, 0) is 19.3 Å². The van der Waals surface area contributed by atoms with Crippen molar-refractivity contribution in [1.29, 1.82) is 0 Å². The molecule has 0 aromatic carbocycles. The molecule has 0 aromatic rings. The van der Waals surface area contributed by atoms with Gasteiger partial charge in [-0.3, -0.25) is 4.79 Å². The molecule has 0 aliphatic carbocycles. The number of hydrogen-bond donors (Lipinski definition) is 0. The van der Waals surface area contributed by atoms with Gasteiger partial charge in [0.25, 0.3) is 0 Å². The Balaban J connectivity index is 3.09. The molecule has 0 saturated heterocycles. The SMILES string of the molecule is O=C(CCCCl)CCCCCl. The average Bonchev–Trinajstić information content (AvgIpc) is 2.01. The maximum Gasteiger partial charge on any atom is 0.132 e. The van der Waals surface area contributed by atoms with Crippen LogP contribution in [-0.4, -0.2) is 17.5 Å². The van der Waals surface area contributed by atoms with Crippen LogP contribution in [0.4, 0.5) is 0 Å². The third kappa shape index (κ3) is 8.15. The van der Waals surface area contributed by atoms with Crippen molar-refractivity contribution in [1.82, 2.24) is 0 Å². The van der Waals surface area contributed by atoms with E-state index < -0.39 is 0 Å². The molecule has 66 valence electrons. The molecule has 0 unspecified atom stereocenters. The van der Waals surface area contributed by atoms with Crippen LogP contribution in [0.2, 0.25) is 0 Å². The van der Waals surface area contributed by atoms with Gasteiger partial charge in [0, 0.05) is 24.6 Å². The minimum Gasteiger partial charge on any atom is -0.300 e. The predicted molar refractivity (Wildman–Crippen MR) is 49.5 cm³/mol. The molecule has 0 radical (unpaired) electrons. The lowest BCUT2D eigenvalue weighted by Crippen LogP contribution is -1.97. The molecule has 11 heavy (non-hydrogen) atoms. The average molecular weight is 197 g/mol. The molecule has 0 aromatic heterocycles. The third-order valence-electron chi connectivity index (χ3n) is 1.43. The maximum atomic E-state index is 11.0. The van der Waals surface area contributed by atoms with E-state index in [1.165, 1.54) is 0 Å². The minimum atomic E-state index is 0.316. The van der Waals surface area contributed by atoms with Crippen molar-refractivity contribution >= 4 is 29.0 Å². The first-order valence-electron chi connectivity index (χ1n) is 3.95. The zero-order chi connectivity index (χ0) is 8.53. The van der Waals surface area contributed by atoms with Gasteiger partial charge in [-0.15, -0.1) is 23.2 Å². The fraction of sp³-hybridized carbons (Fsp3) is 0.875. The first kappa shape index (κ1) is 11.2. The molecule has 3 heteroatoms. The Bertz CT molecular complexity index is 104. The number of ketones is 1. The second-order valence-corrected chi connectivity index (χ2v) is 3.23. The van der Waals surface area contributed by atoms with Crippen LogP contribution >= 0.6 is 23.2 Å². The number of unbranched alkanes of at least 4 members (excludes halogenated alkanes) is 1. The first-order chi connectivity index (χ1) is 5.31. The van der Waals surface area contributed by atoms with E-state index in [9.17, 15) is 4.79 Å². The Labute approximate surface area is 78.1 Å². The lowest BCUT2D eigenvalue weighted by molar-refractivity contribution is -0.119. The summed E-state index contributed by atoms with van der Waals surface area (Å²) >= 11 is 10.9.